The number of aliphatic hydroxyl groups is 1. The van der Waals surface area contributed by atoms with Crippen LogP contribution in [0.5, 0.6) is 0 Å². The van der Waals surface area contributed by atoms with E-state index in [4.69, 9.17) is 23.2 Å². The summed E-state index contributed by atoms with van der Waals surface area (Å²) in [6.07, 6.45) is 0.237. The Bertz CT molecular complexity index is 444. The van der Waals surface area contributed by atoms with E-state index in [0.717, 1.165) is 0 Å². The molecule has 17 heavy (non-hydrogen) atoms. The lowest BCUT2D eigenvalue weighted by Crippen LogP contribution is -2.21. The van der Waals surface area contributed by atoms with Crippen LogP contribution >= 0.6 is 23.2 Å². The van der Waals surface area contributed by atoms with Crippen molar-refractivity contribution in [3.8, 4) is 0 Å². The Morgan fingerprint density at radius 1 is 1.41 bits per heavy atom. The van der Waals surface area contributed by atoms with Gasteiger partial charge in [-0.25, -0.2) is 0 Å². The lowest BCUT2D eigenvalue weighted by molar-refractivity contribution is -0.384. The zero-order chi connectivity index (χ0) is 12.6. The van der Waals surface area contributed by atoms with Crippen LogP contribution in [0.4, 0.5) is 11.4 Å². The zero-order valence-electron chi connectivity index (χ0n) is 8.77. The van der Waals surface area contributed by atoms with Gasteiger partial charge in [-0.15, -0.1) is 0 Å². The van der Waals surface area contributed by atoms with Crippen LogP contribution in [0.2, 0.25) is 10.0 Å². The maximum absolute atomic E-state index is 10.6. The lowest BCUT2D eigenvalue weighted by atomic mass is 10.2. The molecular weight excluding hydrogens is 267 g/mol. The fraction of sp³-hybridized carbons (Fsp3) is 0.400. The first-order valence-electron chi connectivity index (χ1n) is 5.05. The van der Waals surface area contributed by atoms with Crippen LogP contribution in [0.3, 0.4) is 0 Å². The molecule has 0 saturated carbocycles. The van der Waals surface area contributed by atoms with Crippen LogP contribution in [-0.2, 0) is 0 Å². The smallest absolute Gasteiger partial charge is 0.272 e. The summed E-state index contributed by atoms with van der Waals surface area (Å²) < 4.78 is 0. The second-order valence-corrected chi connectivity index (χ2v) is 4.72. The van der Waals surface area contributed by atoms with E-state index in [1.807, 2.05) is 4.90 Å². The molecule has 1 aliphatic heterocycles. The molecule has 92 valence electrons. The van der Waals surface area contributed by atoms with Gasteiger partial charge in [-0.05, 0) is 6.42 Å². The first-order valence-corrected chi connectivity index (χ1v) is 5.81. The average Bonchev–Trinajstić information content (AvgIpc) is 2.63. The molecule has 1 aromatic carbocycles. The van der Waals surface area contributed by atoms with Crippen molar-refractivity contribution in [3.05, 3.63) is 32.3 Å². The molecular formula is C10H10Cl2N2O3. The van der Waals surface area contributed by atoms with Gasteiger partial charge in [-0.1, -0.05) is 23.2 Å². The molecule has 0 amide bonds. The number of β-amino-alcohol motifs (C(OH)–C–C–N with tert-alkyl or cyclic N) is 1. The monoisotopic (exact) mass is 276 g/mol. The first-order chi connectivity index (χ1) is 7.99. The van der Waals surface area contributed by atoms with Crippen molar-refractivity contribution < 1.29 is 10.0 Å². The highest BCUT2D eigenvalue weighted by molar-refractivity contribution is 6.39. The number of benzene rings is 1. The van der Waals surface area contributed by atoms with Crippen molar-refractivity contribution in [1.82, 2.24) is 0 Å². The topological polar surface area (TPSA) is 66.6 Å². The van der Waals surface area contributed by atoms with Gasteiger partial charge in [0.2, 0.25) is 0 Å². The van der Waals surface area contributed by atoms with E-state index in [-0.39, 0.29) is 15.7 Å². The molecule has 2 rings (SSSR count). The minimum atomic E-state index is -0.541. The number of hydrogen-bond donors (Lipinski definition) is 1. The summed E-state index contributed by atoms with van der Waals surface area (Å²) in [4.78, 5) is 11.9. The third-order valence-corrected chi connectivity index (χ3v) is 3.27. The standard InChI is InChI=1S/C10H10Cl2N2O3/c11-8-3-6(14(16)17)4-9(12)10(8)13-2-1-7(15)5-13/h3-4,7,15H,1-2,5H2/t7-/m0/s1. The Hall–Kier alpha value is -1.04. The van der Waals surface area contributed by atoms with Crippen molar-refractivity contribution >= 4 is 34.6 Å². The van der Waals surface area contributed by atoms with Crippen LogP contribution in [0, 0.1) is 10.1 Å². The Labute approximate surface area is 108 Å². The molecule has 0 aliphatic carbocycles. The number of nitrogens with zero attached hydrogens (tertiary/aromatic N) is 2. The molecule has 1 aliphatic rings. The number of hydrogen-bond acceptors (Lipinski definition) is 4. The maximum atomic E-state index is 10.6. The van der Waals surface area contributed by atoms with Gasteiger partial charge in [0.05, 0.1) is 26.8 Å². The fourth-order valence-electron chi connectivity index (χ4n) is 1.90. The van der Waals surface area contributed by atoms with E-state index in [1.165, 1.54) is 12.1 Å². The number of non-ortho nitro benzene ring substituents is 1. The highest BCUT2D eigenvalue weighted by Gasteiger charge is 2.25. The summed E-state index contributed by atoms with van der Waals surface area (Å²) in [5, 5.41) is 20.5. The molecule has 0 unspecified atom stereocenters. The van der Waals surface area contributed by atoms with E-state index in [9.17, 15) is 15.2 Å². The Morgan fingerprint density at radius 2 is 2.00 bits per heavy atom. The molecule has 1 aromatic rings. The number of anilines is 1. The summed E-state index contributed by atoms with van der Waals surface area (Å²) in [5.41, 5.74) is 0.416. The first kappa shape index (κ1) is 12.4. The molecule has 0 spiro atoms. The molecule has 1 heterocycles. The normalized spacial score (nSPS) is 19.7. The van der Waals surface area contributed by atoms with E-state index >= 15 is 0 Å². The van der Waals surface area contributed by atoms with Crippen molar-refractivity contribution in [2.24, 2.45) is 0 Å². The Kier molecular flexibility index (Phi) is 3.42. The van der Waals surface area contributed by atoms with Gasteiger partial charge in [0.25, 0.3) is 5.69 Å². The van der Waals surface area contributed by atoms with E-state index in [1.54, 1.807) is 0 Å². The quantitative estimate of drug-likeness (QED) is 0.666. The highest BCUT2D eigenvalue weighted by Crippen LogP contribution is 2.38. The van der Waals surface area contributed by atoms with E-state index in [2.05, 4.69) is 0 Å². The SMILES string of the molecule is O=[N+]([O-])c1cc(Cl)c(N2CC[C@H](O)C2)c(Cl)c1. The number of rotatable bonds is 2. The Balaban J connectivity index is 2.38. The van der Waals surface area contributed by atoms with Crippen LogP contribution < -0.4 is 4.90 Å². The van der Waals surface area contributed by atoms with Crippen molar-refractivity contribution in [2.45, 2.75) is 12.5 Å². The molecule has 0 bridgehead atoms. The largest absolute Gasteiger partial charge is 0.391 e. The third-order valence-electron chi connectivity index (χ3n) is 2.69. The molecule has 1 fully saturated rings. The molecule has 1 saturated heterocycles. The summed E-state index contributed by atoms with van der Waals surface area (Å²) in [6.45, 7) is 1.08. The molecule has 1 N–H and O–H groups in total. The summed E-state index contributed by atoms with van der Waals surface area (Å²) in [6, 6.07) is 2.54. The Morgan fingerprint density at radius 3 is 2.41 bits per heavy atom. The zero-order valence-corrected chi connectivity index (χ0v) is 10.3. The van der Waals surface area contributed by atoms with Crippen LogP contribution in [0.15, 0.2) is 12.1 Å². The number of halogens is 2. The third kappa shape index (κ3) is 2.46. The second kappa shape index (κ2) is 4.68. The molecule has 0 radical (unpaired) electrons. The fourth-order valence-corrected chi connectivity index (χ4v) is 2.62. The lowest BCUT2D eigenvalue weighted by Gasteiger charge is -2.20. The van der Waals surface area contributed by atoms with Gasteiger partial charge < -0.3 is 10.0 Å². The van der Waals surface area contributed by atoms with Crippen LogP contribution in [0.1, 0.15) is 6.42 Å². The van der Waals surface area contributed by atoms with Gasteiger partial charge in [0, 0.05) is 25.2 Å². The highest BCUT2D eigenvalue weighted by atomic mass is 35.5. The number of nitro benzene ring substituents is 1. The van der Waals surface area contributed by atoms with Gasteiger partial charge in [-0.2, -0.15) is 0 Å². The maximum Gasteiger partial charge on any atom is 0.272 e. The predicted octanol–water partition coefficient (Wildman–Crippen LogP) is 2.47. The summed E-state index contributed by atoms with van der Waals surface area (Å²) >= 11 is 12.0. The van der Waals surface area contributed by atoms with E-state index < -0.39 is 11.0 Å². The summed E-state index contributed by atoms with van der Waals surface area (Å²) in [7, 11) is 0. The number of aliphatic hydroxyl groups excluding tert-OH is 1. The minimum absolute atomic E-state index is 0.136. The average molecular weight is 277 g/mol. The second-order valence-electron chi connectivity index (χ2n) is 3.90. The minimum Gasteiger partial charge on any atom is -0.391 e. The van der Waals surface area contributed by atoms with Crippen molar-refractivity contribution in [3.63, 3.8) is 0 Å². The molecule has 1 atom stereocenters. The van der Waals surface area contributed by atoms with Crippen molar-refractivity contribution in [2.75, 3.05) is 18.0 Å². The van der Waals surface area contributed by atoms with Crippen molar-refractivity contribution in [1.29, 1.82) is 0 Å². The summed E-state index contributed by atoms with van der Waals surface area (Å²) in [5.74, 6) is 0. The molecule has 5 nitrogen and oxygen atoms in total. The van der Waals surface area contributed by atoms with Crippen LogP contribution in [0.25, 0.3) is 0 Å². The van der Waals surface area contributed by atoms with Crippen LogP contribution in [-0.4, -0.2) is 29.2 Å². The van der Waals surface area contributed by atoms with E-state index in [0.29, 0.717) is 25.2 Å². The van der Waals surface area contributed by atoms with Gasteiger partial charge in [0.1, 0.15) is 0 Å². The molecule has 0 aromatic heterocycles. The predicted molar refractivity (Wildman–Crippen MR) is 66.0 cm³/mol. The van der Waals surface area contributed by atoms with Gasteiger partial charge in [-0.3, -0.25) is 10.1 Å². The van der Waals surface area contributed by atoms with Gasteiger partial charge in [0.15, 0.2) is 0 Å². The molecule has 7 heteroatoms. The van der Waals surface area contributed by atoms with Gasteiger partial charge >= 0.3 is 0 Å². The number of nitro groups is 1.